The minimum absolute atomic E-state index is 0.0923. The Morgan fingerprint density at radius 3 is 2.65 bits per heavy atom. The highest BCUT2D eigenvalue weighted by molar-refractivity contribution is 5.08. The summed E-state index contributed by atoms with van der Waals surface area (Å²) in [5.74, 6) is 1.42. The average Bonchev–Trinajstić information content (AvgIpc) is 2.37. The third-order valence-corrected chi connectivity index (χ3v) is 3.66. The molecule has 2 unspecified atom stereocenters. The zero-order valence-corrected chi connectivity index (χ0v) is 13.1. The van der Waals surface area contributed by atoms with Crippen molar-refractivity contribution >= 4 is 0 Å². The molecular weight excluding hydrogens is 250 g/mol. The fourth-order valence-corrected chi connectivity index (χ4v) is 2.51. The zero-order chi connectivity index (χ0) is 14.6. The first-order valence-electron chi connectivity index (χ1n) is 7.65. The molecule has 4 nitrogen and oxygen atoms in total. The van der Waals surface area contributed by atoms with E-state index in [0.717, 1.165) is 31.0 Å². The summed E-state index contributed by atoms with van der Waals surface area (Å²) < 4.78 is 5.93. The molecule has 1 aliphatic carbocycles. The Morgan fingerprint density at radius 2 is 2.05 bits per heavy atom. The summed E-state index contributed by atoms with van der Waals surface area (Å²) in [5, 5.41) is 3.40. The number of nitrogens with one attached hydrogen (secondary N) is 1. The first-order valence-corrected chi connectivity index (χ1v) is 7.65. The van der Waals surface area contributed by atoms with Crippen LogP contribution < -0.4 is 10.1 Å². The summed E-state index contributed by atoms with van der Waals surface area (Å²) in [6, 6.07) is 0. The van der Waals surface area contributed by atoms with Crippen molar-refractivity contribution in [2.75, 3.05) is 0 Å². The van der Waals surface area contributed by atoms with E-state index in [4.69, 9.17) is 4.74 Å². The van der Waals surface area contributed by atoms with Gasteiger partial charge < -0.3 is 10.1 Å². The highest BCUT2D eigenvalue weighted by Gasteiger charge is 2.20. The number of aromatic nitrogens is 2. The van der Waals surface area contributed by atoms with Crippen molar-refractivity contribution in [3.63, 3.8) is 0 Å². The zero-order valence-electron chi connectivity index (χ0n) is 13.1. The molecule has 0 amide bonds. The molecule has 1 saturated carbocycles. The molecule has 20 heavy (non-hydrogen) atoms. The molecule has 1 aromatic heterocycles. The molecule has 1 aliphatic rings. The van der Waals surface area contributed by atoms with Gasteiger partial charge in [0.05, 0.1) is 18.1 Å². The van der Waals surface area contributed by atoms with Crippen LogP contribution in [0.4, 0.5) is 0 Å². The quantitative estimate of drug-likeness (QED) is 0.917. The SMILES string of the molecule is CC1CCCC(Oc2cnc(CNC(C)(C)C)cn2)C1. The van der Waals surface area contributed by atoms with Gasteiger partial charge >= 0.3 is 0 Å². The largest absolute Gasteiger partial charge is 0.473 e. The van der Waals surface area contributed by atoms with Crippen LogP contribution in [0.1, 0.15) is 59.1 Å². The maximum absolute atomic E-state index is 5.93. The van der Waals surface area contributed by atoms with Gasteiger partial charge in [0.1, 0.15) is 6.10 Å². The van der Waals surface area contributed by atoms with Crippen molar-refractivity contribution in [1.29, 1.82) is 0 Å². The molecule has 2 rings (SSSR count). The monoisotopic (exact) mass is 277 g/mol. The predicted molar refractivity (Wildman–Crippen MR) is 80.7 cm³/mol. The van der Waals surface area contributed by atoms with Crippen LogP contribution in [-0.4, -0.2) is 21.6 Å². The van der Waals surface area contributed by atoms with Gasteiger partial charge in [0.25, 0.3) is 0 Å². The Bertz CT molecular complexity index is 411. The molecule has 0 saturated heterocycles. The van der Waals surface area contributed by atoms with E-state index in [0.29, 0.717) is 12.0 Å². The molecule has 4 heteroatoms. The molecular formula is C16H27N3O. The molecule has 2 atom stereocenters. The summed E-state index contributed by atoms with van der Waals surface area (Å²) in [4.78, 5) is 8.79. The summed E-state index contributed by atoms with van der Waals surface area (Å²) in [5.41, 5.74) is 1.04. The van der Waals surface area contributed by atoms with Gasteiger partial charge in [-0.2, -0.15) is 0 Å². The maximum atomic E-state index is 5.93. The van der Waals surface area contributed by atoms with E-state index in [9.17, 15) is 0 Å². The second kappa shape index (κ2) is 6.53. The van der Waals surface area contributed by atoms with Gasteiger partial charge in [-0.15, -0.1) is 0 Å². The molecule has 0 aliphatic heterocycles. The van der Waals surface area contributed by atoms with Gasteiger partial charge in [0.15, 0.2) is 0 Å². The van der Waals surface area contributed by atoms with Crippen molar-refractivity contribution in [3.8, 4) is 5.88 Å². The van der Waals surface area contributed by atoms with Crippen molar-refractivity contribution in [3.05, 3.63) is 18.1 Å². The van der Waals surface area contributed by atoms with E-state index in [2.05, 4.69) is 43.0 Å². The van der Waals surface area contributed by atoms with E-state index >= 15 is 0 Å². The number of rotatable bonds is 4. The molecule has 1 heterocycles. The molecule has 0 aromatic carbocycles. The lowest BCUT2D eigenvalue weighted by molar-refractivity contribution is 0.123. The van der Waals surface area contributed by atoms with Crippen molar-refractivity contribution in [2.24, 2.45) is 5.92 Å². The Morgan fingerprint density at radius 1 is 1.25 bits per heavy atom. The normalized spacial score (nSPS) is 23.6. The summed E-state index contributed by atoms with van der Waals surface area (Å²) >= 11 is 0. The highest BCUT2D eigenvalue weighted by Crippen LogP contribution is 2.26. The number of hydrogen-bond donors (Lipinski definition) is 1. The topological polar surface area (TPSA) is 47.0 Å². The van der Waals surface area contributed by atoms with Crippen LogP contribution in [0.25, 0.3) is 0 Å². The Labute approximate surface area is 122 Å². The summed E-state index contributed by atoms with van der Waals surface area (Å²) in [6.45, 7) is 9.45. The van der Waals surface area contributed by atoms with Gasteiger partial charge in [0, 0.05) is 12.1 Å². The average molecular weight is 277 g/mol. The lowest BCUT2D eigenvalue weighted by Gasteiger charge is -2.26. The van der Waals surface area contributed by atoms with Gasteiger partial charge in [0.2, 0.25) is 5.88 Å². The summed E-state index contributed by atoms with van der Waals surface area (Å²) in [6.07, 6.45) is 8.72. The van der Waals surface area contributed by atoms with Crippen LogP contribution in [0.2, 0.25) is 0 Å². The highest BCUT2D eigenvalue weighted by atomic mass is 16.5. The van der Waals surface area contributed by atoms with Gasteiger partial charge in [-0.25, -0.2) is 4.98 Å². The second-order valence-corrected chi connectivity index (χ2v) is 6.96. The molecule has 1 N–H and O–H groups in total. The van der Waals surface area contributed by atoms with Crippen LogP contribution in [0.5, 0.6) is 5.88 Å². The van der Waals surface area contributed by atoms with E-state index in [1.807, 2.05) is 0 Å². The Hall–Kier alpha value is -1.16. The second-order valence-electron chi connectivity index (χ2n) is 6.96. The molecule has 0 bridgehead atoms. The molecule has 0 radical (unpaired) electrons. The third kappa shape index (κ3) is 5.08. The molecule has 1 aromatic rings. The molecule has 112 valence electrons. The fraction of sp³-hybridized carbons (Fsp3) is 0.750. The Balaban J connectivity index is 1.85. The van der Waals surface area contributed by atoms with E-state index in [1.54, 1.807) is 12.4 Å². The van der Waals surface area contributed by atoms with Crippen LogP contribution in [0.15, 0.2) is 12.4 Å². The third-order valence-electron chi connectivity index (χ3n) is 3.66. The Kier molecular flexibility index (Phi) is 4.97. The van der Waals surface area contributed by atoms with Gasteiger partial charge in [-0.1, -0.05) is 13.3 Å². The van der Waals surface area contributed by atoms with Gasteiger partial charge in [-0.05, 0) is 46.0 Å². The lowest BCUT2D eigenvalue weighted by Crippen LogP contribution is -2.35. The van der Waals surface area contributed by atoms with E-state index in [1.165, 1.54) is 12.8 Å². The fourth-order valence-electron chi connectivity index (χ4n) is 2.51. The first-order chi connectivity index (χ1) is 9.42. The van der Waals surface area contributed by atoms with Crippen LogP contribution >= 0.6 is 0 Å². The van der Waals surface area contributed by atoms with Crippen molar-refractivity contribution in [1.82, 2.24) is 15.3 Å². The predicted octanol–water partition coefficient (Wildman–Crippen LogP) is 3.32. The van der Waals surface area contributed by atoms with Crippen molar-refractivity contribution < 1.29 is 4.74 Å². The van der Waals surface area contributed by atoms with Crippen LogP contribution in [-0.2, 0) is 6.54 Å². The number of hydrogen-bond acceptors (Lipinski definition) is 4. The minimum atomic E-state index is 0.0923. The molecule has 1 fully saturated rings. The first kappa shape index (κ1) is 15.2. The van der Waals surface area contributed by atoms with Gasteiger partial charge in [-0.3, -0.25) is 4.98 Å². The molecule has 0 spiro atoms. The van der Waals surface area contributed by atoms with Crippen LogP contribution in [0.3, 0.4) is 0 Å². The van der Waals surface area contributed by atoms with E-state index in [-0.39, 0.29) is 5.54 Å². The summed E-state index contributed by atoms with van der Waals surface area (Å²) in [7, 11) is 0. The number of nitrogens with zero attached hydrogens (tertiary/aromatic N) is 2. The van der Waals surface area contributed by atoms with Crippen LogP contribution in [0, 0.1) is 5.92 Å². The smallest absolute Gasteiger partial charge is 0.232 e. The minimum Gasteiger partial charge on any atom is -0.473 e. The maximum Gasteiger partial charge on any atom is 0.232 e. The van der Waals surface area contributed by atoms with Crippen molar-refractivity contribution in [2.45, 2.75) is 71.6 Å². The van der Waals surface area contributed by atoms with E-state index < -0.39 is 0 Å². The standard InChI is InChI=1S/C16H27N3O/c1-12-6-5-7-14(8-12)20-15-11-17-13(9-18-15)10-19-16(2,3)4/h9,11-12,14,19H,5-8,10H2,1-4H3. The lowest BCUT2D eigenvalue weighted by atomic mass is 9.89. The number of ether oxygens (including phenoxy) is 1.